The van der Waals surface area contributed by atoms with Crippen molar-refractivity contribution in [3.05, 3.63) is 0 Å². The Hall–Kier alpha value is -0.650. The molecule has 0 aliphatic heterocycles. The minimum Gasteiger partial charge on any atom is -0.381 e. The fourth-order valence-corrected chi connectivity index (χ4v) is 3.05. The smallest absolute Gasteiger partial charge is 0.237 e. The van der Waals surface area contributed by atoms with Crippen LogP contribution in [0.15, 0.2) is 0 Å². The van der Waals surface area contributed by atoms with E-state index in [1.165, 1.54) is 0 Å². The first-order chi connectivity index (χ1) is 9.87. The monoisotopic (exact) mass is 300 g/mol. The van der Waals surface area contributed by atoms with Crippen LogP contribution in [-0.4, -0.2) is 43.4 Å². The first-order valence-electron chi connectivity index (χ1n) is 8.09. The lowest BCUT2D eigenvalue weighted by atomic mass is 9.93. The Kier molecular flexibility index (Phi) is 7.63. The van der Waals surface area contributed by atoms with Crippen LogP contribution in [0.1, 0.15) is 59.3 Å². The molecule has 1 aliphatic carbocycles. The van der Waals surface area contributed by atoms with Gasteiger partial charge in [-0.25, -0.2) is 0 Å². The molecule has 3 unspecified atom stereocenters. The predicted molar refractivity (Wildman–Crippen MR) is 84.1 cm³/mol. The molecule has 5 nitrogen and oxygen atoms in total. The molecule has 0 aromatic carbocycles. The third-order valence-electron chi connectivity index (χ3n) is 4.24. The fraction of sp³-hybridized carbons (Fsp3) is 0.938. The van der Waals surface area contributed by atoms with E-state index in [0.29, 0.717) is 25.2 Å². The number of primary amides is 1. The summed E-state index contributed by atoms with van der Waals surface area (Å²) in [4.78, 5) is 11.6. The zero-order chi connectivity index (χ0) is 15.9. The van der Waals surface area contributed by atoms with Gasteiger partial charge in [0, 0.05) is 19.8 Å². The second-order valence-corrected chi connectivity index (χ2v) is 6.62. The van der Waals surface area contributed by atoms with Crippen molar-refractivity contribution in [2.75, 3.05) is 13.7 Å². The molecule has 3 atom stereocenters. The molecule has 0 heterocycles. The van der Waals surface area contributed by atoms with Gasteiger partial charge in [0.15, 0.2) is 0 Å². The summed E-state index contributed by atoms with van der Waals surface area (Å²) in [5.41, 5.74) is 4.87. The van der Waals surface area contributed by atoms with Gasteiger partial charge >= 0.3 is 0 Å². The highest BCUT2D eigenvalue weighted by Gasteiger charge is 2.31. The topological polar surface area (TPSA) is 73.6 Å². The Labute approximate surface area is 128 Å². The van der Waals surface area contributed by atoms with Crippen LogP contribution in [0.3, 0.4) is 0 Å². The van der Waals surface area contributed by atoms with Crippen molar-refractivity contribution in [2.24, 2.45) is 5.73 Å². The molecule has 1 saturated carbocycles. The maximum absolute atomic E-state index is 11.6. The van der Waals surface area contributed by atoms with Crippen LogP contribution < -0.4 is 11.1 Å². The standard InChI is InChI=1S/C16H32N2O3/c1-12(2)18-16(3,15(17)19)9-6-10-21-14-8-5-7-13(11-14)20-4/h12-14,18H,5-11H2,1-4H3,(H2,17,19). The van der Waals surface area contributed by atoms with E-state index in [4.69, 9.17) is 15.2 Å². The summed E-state index contributed by atoms with van der Waals surface area (Å²) in [5.74, 6) is -0.298. The van der Waals surface area contributed by atoms with Gasteiger partial charge in [0.2, 0.25) is 5.91 Å². The molecular weight excluding hydrogens is 268 g/mol. The van der Waals surface area contributed by atoms with Crippen LogP contribution in [0.2, 0.25) is 0 Å². The van der Waals surface area contributed by atoms with E-state index in [-0.39, 0.29) is 11.9 Å². The second-order valence-electron chi connectivity index (χ2n) is 6.62. The minimum absolute atomic E-state index is 0.226. The van der Waals surface area contributed by atoms with Crippen LogP contribution in [0.4, 0.5) is 0 Å². The van der Waals surface area contributed by atoms with Gasteiger partial charge in [0.1, 0.15) is 0 Å². The third-order valence-corrected chi connectivity index (χ3v) is 4.24. The summed E-state index contributed by atoms with van der Waals surface area (Å²) in [5, 5.41) is 3.26. The van der Waals surface area contributed by atoms with Crippen LogP contribution >= 0.6 is 0 Å². The van der Waals surface area contributed by atoms with Crippen LogP contribution in [0, 0.1) is 0 Å². The number of ether oxygens (including phenoxy) is 2. The van der Waals surface area contributed by atoms with Gasteiger partial charge in [-0.15, -0.1) is 0 Å². The molecule has 1 fully saturated rings. The number of rotatable bonds is 9. The van der Waals surface area contributed by atoms with Crippen molar-refractivity contribution in [1.29, 1.82) is 0 Å². The lowest BCUT2D eigenvalue weighted by Crippen LogP contribution is -2.55. The highest BCUT2D eigenvalue weighted by molar-refractivity contribution is 5.84. The molecule has 0 aromatic heterocycles. The lowest BCUT2D eigenvalue weighted by Gasteiger charge is -2.31. The van der Waals surface area contributed by atoms with Gasteiger partial charge in [-0.2, -0.15) is 0 Å². The Morgan fingerprint density at radius 3 is 2.62 bits per heavy atom. The molecule has 1 amide bonds. The Morgan fingerprint density at radius 2 is 2.05 bits per heavy atom. The predicted octanol–water partition coefficient (Wildman–Crippen LogP) is 1.98. The molecule has 0 radical (unpaired) electrons. The van der Waals surface area contributed by atoms with Gasteiger partial charge in [-0.05, 0) is 59.3 Å². The van der Waals surface area contributed by atoms with E-state index >= 15 is 0 Å². The molecule has 3 N–H and O–H groups in total. The molecule has 1 rings (SSSR count). The van der Waals surface area contributed by atoms with Gasteiger partial charge < -0.3 is 20.5 Å². The van der Waals surface area contributed by atoms with Crippen LogP contribution in [-0.2, 0) is 14.3 Å². The summed E-state index contributed by atoms with van der Waals surface area (Å²) in [7, 11) is 1.77. The van der Waals surface area contributed by atoms with Gasteiger partial charge in [-0.3, -0.25) is 4.79 Å². The minimum atomic E-state index is -0.654. The van der Waals surface area contributed by atoms with E-state index in [2.05, 4.69) is 5.32 Å². The number of hydrogen-bond donors (Lipinski definition) is 2. The molecule has 0 saturated heterocycles. The summed E-state index contributed by atoms with van der Waals surface area (Å²) in [6, 6.07) is 0.226. The third kappa shape index (κ3) is 6.32. The number of methoxy groups -OCH3 is 1. The van der Waals surface area contributed by atoms with Crippen molar-refractivity contribution < 1.29 is 14.3 Å². The molecule has 5 heteroatoms. The van der Waals surface area contributed by atoms with Gasteiger partial charge in [-0.1, -0.05) is 0 Å². The summed E-state index contributed by atoms with van der Waals surface area (Å²) >= 11 is 0. The first kappa shape index (κ1) is 18.4. The van der Waals surface area contributed by atoms with Crippen molar-refractivity contribution in [1.82, 2.24) is 5.32 Å². The fourth-order valence-electron chi connectivity index (χ4n) is 3.05. The average Bonchev–Trinajstić information content (AvgIpc) is 2.43. The number of carbonyl (C=O) groups is 1. The quantitative estimate of drug-likeness (QED) is 0.639. The number of hydrogen-bond acceptors (Lipinski definition) is 4. The van der Waals surface area contributed by atoms with E-state index < -0.39 is 5.54 Å². The van der Waals surface area contributed by atoms with Gasteiger partial charge in [0.25, 0.3) is 0 Å². The normalized spacial score (nSPS) is 25.8. The van der Waals surface area contributed by atoms with Crippen LogP contribution in [0.5, 0.6) is 0 Å². The van der Waals surface area contributed by atoms with E-state index in [1.54, 1.807) is 7.11 Å². The summed E-state index contributed by atoms with van der Waals surface area (Å²) in [6.07, 6.45) is 6.54. The lowest BCUT2D eigenvalue weighted by molar-refractivity contribution is -0.124. The zero-order valence-electron chi connectivity index (χ0n) is 14.0. The number of carbonyl (C=O) groups excluding carboxylic acids is 1. The van der Waals surface area contributed by atoms with E-state index in [1.807, 2.05) is 20.8 Å². The average molecular weight is 300 g/mol. The zero-order valence-corrected chi connectivity index (χ0v) is 14.0. The summed E-state index contributed by atoms with van der Waals surface area (Å²) < 4.78 is 11.3. The molecule has 0 aromatic rings. The SMILES string of the molecule is COC1CCCC(OCCCC(C)(NC(C)C)C(N)=O)C1. The number of nitrogens with one attached hydrogen (secondary N) is 1. The molecule has 21 heavy (non-hydrogen) atoms. The molecule has 0 bridgehead atoms. The first-order valence-corrected chi connectivity index (χ1v) is 8.09. The van der Waals surface area contributed by atoms with Crippen molar-refractivity contribution >= 4 is 5.91 Å². The van der Waals surface area contributed by atoms with Crippen molar-refractivity contribution in [3.8, 4) is 0 Å². The van der Waals surface area contributed by atoms with E-state index in [9.17, 15) is 4.79 Å². The van der Waals surface area contributed by atoms with Crippen LogP contribution in [0.25, 0.3) is 0 Å². The van der Waals surface area contributed by atoms with Crippen molar-refractivity contribution in [2.45, 2.75) is 83.1 Å². The van der Waals surface area contributed by atoms with Crippen molar-refractivity contribution in [3.63, 3.8) is 0 Å². The maximum Gasteiger partial charge on any atom is 0.237 e. The molecule has 124 valence electrons. The largest absolute Gasteiger partial charge is 0.381 e. The summed E-state index contributed by atoms with van der Waals surface area (Å²) in [6.45, 7) is 6.58. The Balaban J connectivity index is 2.29. The van der Waals surface area contributed by atoms with Gasteiger partial charge in [0.05, 0.1) is 17.7 Å². The number of amides is 1. The number of nitrogens with two attached hydrogens (primary N) is 1. The molecule has 1 aliphatic rings. The second kappa shape index (κ2) is 8.71. The molecular formula is C16H32N2O3. The highest BCUT2D eigenvalue weighted by Crippen LogP contribution is 2.23. The Morgan fingerprint density at radius 1 is 1.38 bits per heavy atom. The van der Waals surface area contributed by atoms with E-state index in [0.717, 1.165) is 32.1 Å². The Bertz CT molecular complexity index is 323. The molecule has 0 spiro atoms. The maximum atomic E-state index is 11.6. The highest BCUT2D eigenvalue weighted by atomic mass is 16.5.